The van der Waals surface area contributed by atoms with Gasteiger partial charge < -0.3 is 25.4 Å². The van der Waals surface area contributed by atoms with Crippen LogP contribution in [0.5, 0.6) is 0 Å². The largest absolute Gasteiger partial charge is 0.416 e. The van der Waals surface area contributed by atoms with Crippen LogP contribution in [0.25, 0.3) is 0 Å². The molecule has 0 aliphatic carbocycles. The van der Waals surface area contributed by atoms with Crippen LogP contribution in [-0.4, -0.2) is 63.6 Å². The van der Waals surface area contributed by atoms with Gasteiger partial charge in [0.1, 0.15) is 30.1 Å². The molecular formula is C20H26F3N3O4. The Kier molecular flexibility index (Phi) is 5.36. The minimum Gasteiger partial charge on any atom is -0.386 e. The molecule has 4 rings (SSSR count). The summed E-state index contributed by atoms with van der Waals surface area (Å²) in [5.74, 6) is 0. The Balaban J connectivity index is 1.56. The van der Waals surface area contributed by atoms with Crippen LogP contribution in [0.15, 0.2) is 35.5 Å². The zero-order valence-electron chi connectivity index (χ0n) is 16.6. The average molecular weight is 429 g/mol. The van der Waals surface area contributed by atoms with Crippen LogP contribution in [-0.2, 0) is 10.9 Å². The van der Waals surface area contributed by atoms with E-state index in [0.29, 0.717) is 13.2 Å². The van der Waals surface area contributed by atoms with E-state index in [1.54, 1.807) is 0 Å². The first-order valence-electron chi connectivity index (χ1n) is 9.85. The molecule has 10 heteroatoms. The number of hydrogen-bond acceptors (Lipinski definition) is 7. The van der Waals surface area contributed by atoms with E-state index < -0.39 is 41.9 Å². The molecule has 1 unspecified atom stereocenters. The highest BCUT2D eigenvalue weighted by Gasteiger charge is 2.58. The minimum atomic E-state index is -4.49. The number of alkyl halides is 3. The second-order valence-corrected chi connectivity index (χ2v) is 8.28. The van der Waals surface area contributed by atoms with Crippen molar-refractivity contribution in [2.24, 2.45) is 0 Å². The average Bonchev–Trinajstić information content (AvgIpc) is 3.21. The van der Waals surface area contributed by atoms with Crippen molar-refractivity contribution in [2.75, 3.05) is 13.2 Å². The predicted molar refractivity (Wildman–Crippen MR) is 101 cm³/mol. The van der Waals surface area contributed by atoms with Gasteiger partial charge in [-0.05, 0) is 43.5 Å². The molecule has 3 aliphatic rings. The molecule has 1 aromatic carbocycles. The summed E-state index contributed by atoms with van der Waals surface area (Å²) in [6.07, 6.45) is -8.72. The number of hydrogen-bond donors (Lipinski definition) is 5. The standard InChI is InChI=1S/C20H26F3N3O4/c1-10-13-7-8-26(17(13)25-9-24-10)18-15(28)19(2,29)16(30-18)14(27)11-3-5-12(6-4-11)20(21,22)23/h3-6,14-18,24-25,27-29H,7-9H2,1-2H3/t14-,15+,16-,17?,18-,19+/m1/s1. The molecule has 166 valence electrons. The highest BCUT2D eigenvalue weighted by Crippen LogP contribution is 2.42. The van der Waals surface area contributed by atoms with E-state index in [1.807, 2.05) is 11.8 Å². The molecule has 3 aliphatic heterocycles. The molecular weight excluding hydrogens is 403 g/mol. The van der Waals surface area contributed by atoms with E-state index in [-0.39, 0.29) is 11.7 Å². The van der Waals surface area contributed by atoms with Crippen LogP contribution in [0, 0.1) is 0 Å². The van der Waals surface area contributed by atoms with Crippen LogP contribution in [0.1, 0.15) is 37.5 Å². The minimum absolute atomic E-state index is 0.163. The Morgan fingerprint density at radius 1 is 1.27 bits per heavy atom. The normalized spacial score (nSPS) is 36.0. The molecule has 2 saturated heterocycles. The van der Waals surface area contributed by atoms with E-state index in [4.69, 9.17) is 4.74 Å². The smallest absolute Gasteiger partial charge is 0.386 e. The van der Waals surface area contributed by atoms with E-state index >= 15 is 0 Å². The first-order chi connectivity index (χ1) is 14.0. The second-order valence-electron chi connectivity index (χ2n) is 8.28. The molecule has 0 radical (unpaired) electrons. The van der Waals surface area contributed by atoms with Gasteiger partial charge in [-0.1, -0.05) is 12.1 Å². The van der Waals surface area contributed by atoms with Crippen molar-refractivity contribution in [2.45, 2.75) is 62.8 Å². The Bertz CT molecular complexity index is 828. The number of likely N-dealkylation sites (tertiary alicyclic amines) is 1. The van der Waals surface area contributed by atoms with E-state index in [0.717, 1.165) is 42.0 Å². The Morgan fingerprint density at radius 3 is 2.57 bits per heavy atom. The summed E-state index contributed by atoms with van der Waals surface area (Å²) in [4.78, 5) is 1.90. The van der Waals surface area contributed by atoms with E-state index in [1.165, 1.54) is 6.92 Å². The van der Waals surface area contributed by atoms with Gasteiger partial charge in [-0.3, -0.25) is 10.2 Å². The van der Waals surface area contributed by atoms with Gasteiger partial charge >= 0.3 is 6.18 Å². The number of allylic oxidation sites excluding steroid dienone is 1. The fourth-order valence-electron chi connectivity index (χ4n) is 4.53. The quantitative estimate of drug-likeness (QED) is 0.490. The third kappa shape index (κ3) is 3.51. The fraction of sp³-hybridized carbons (Fsp3) is 0.600. The Labute approximate surface area is 172 Å². The summed E-state index contributed by atoms with van der Waals surface area (Å²) in [5, 5.41) is 39.0. The maximum Gasteiger partial charge on any atom is 0.416 e. The van der Waals surface area contributed by atoms with Gasteiger partial charge in [0.05, 0.1) is 18.4 Å². The zero-order valence-corrected chi connectivity index (χ0v) is 16.6. The topological polar surface area (TPSA) is 97.2 Å². The van der Waals surface area contributed by atoms with Crippen molar-refractivity contribution in [3.05, 3.63) is 46.7 Å². The maximum absolute atomic E-state index is 12.8. The van der Waals surface area contributed by atoms with Crippen molar-refractivity contribution < 1.29 is 33.2 Å². The molecule has 0 aromatic heterocycles. The molecule has 2 fully saturated rings. The molecule has 30 heavy (non-hydrogen) atoms. The van der Waals surface area contributed by atoms with Crippen molar-refractivity contribution in [1.82, 2.24) is 15.5 Å². The lowest BCUT2D eigenvalue weighted by Gasteiger charge is -2.35. The van der Waals surface area contributed by atoms with Crippen LogP contribution in [0.2, 0.25) is 0 Å². The predicted octanol–water partition coefficient (Wildman–Crippen LogP) is 1.03. The number of nitrogens with one attached hydrogen (secondary N) is 2. The highest BCUT2D eigenvalue weighted by molar-refractivity contribution is 5.28. The molecule has 0 saturated carbocycles. The highest BCUT2D eigenvalue weighted by atomic mass is 19.4. The first kappa shape index (κ1) is 21.5. The van der Waals surface area contributed by atoms with E-state index in [9.17, 15) is 28.5 Å². The summed E-state index contributed by atoms with van der Waals surface area (Å²) in [6, 6.07) is 4.05. The number of aliphatic hydroxyl groups excluding tert-OH is 2. The van der Waals surface area contributed by atoms with Gasteiger partial charge in [0, 0.05) is 12.2 Å². The molecule has 6 atom stereocenters. The Hall–Kier alpha value is -1.69. The molecule has 3 heterocycles. The number of fused-ring (bicyclic) bond motifs is 1. The van der Waals surface area contributed by atoms with Crippen LogP contribution < -0.4 is 10.6 Å². The van der Waals surface area contributed by atoms with Gasteiger partial charge in [0.2, 0.25) is 0 Å². The number of rotatable bonds is 3. The fourth-order valence-corrected chi connectivity index (χ4v) is 4.53. The zero-order chi connectivity index (χ0) is 21.8. The third-order valence-corrected chi connectivity index (χ3v) is 6.36. The lowest BCUT2D eigenvalue weighted by atomic mass is 9.88. The van der Waals surface area contributed by atoms with Crippen molar-refractivity contribution >= 4 is 0 Å². The maximum atomic E-state index is 12.8. The van der Waals surface area contributed by atoms with Gasteiger partial charge in [-0.15, -0.1) is 0 Å². The van der Waals surface area contributed by atoms with E-state index in [2.05, 4.69) is 10.6 Å². The van der Waals surface area contributed by atoms with Gasteiger partial charge in [-0.25, -0.2) is 0 Å². The number of halogens is 3. The summed E-state index contributed by atoms with van der Waals surface area (Å²) in [5.41, 5.74) is -0.273. The SMILES string of the molecule is CC1=C2CCN([C@@H]3O[C@H]([C@H](O)c4ccc(C(F)(F)F)cc4)[C@@](C)(O)[C@H]3O)C2NCN1. The Morgan fingerprint density at radius 2 is 1.93 bits per heavy atom. The first-order valence-corrected chi connectivity index (χ1v) is 9.85. The third-order valence-electron chi connectivity index (χ3n) is 6.36. The molecule has 0 spiro atoms. The monoisotopic (exact) mass is 429 g/mol. The lowest BCUT2D eigenvalue weighted by Crippen LogP contribution is -2.56. The molecule has 7 nitrogen and oxygen atoms in total. The molecule has 0 amide bonds. The summed E-state index contributed by atoms with van der Waals surface area (Å²) < 4.78 is 44.4. The van der Waals surface area contributed by atoms with Crippen molar-refractivity contribution in [1.29, 1.82) is 0 Å². The summed E-state index contributed by atoms with van der Waals surface area (Å²) >= 11 is 0. The van der Waals surface area contributed by atoms with Gasteiger partial charge in [-0.2, -0.15) is 13.2 Å². The van der Waals surface area contributed by atoms with Gasteiger partial charge in [0.25, 0.3) is 0 Å². The second kappa shape index (κ2) is 7.47. The number of benzene rings is 1. The van der Waals surface area contributed by atoms with Crippen molar-refractivity contribution in [3.8, 4) is 0 Å². The molecule has 0 bridgehead atoms. The van der Waals surface area contributed by atoms with Crippen LogP contribution >= 0.6 is 0 Å². The number of nitrogens with zero attached hydrogens (tertiary/aromatic N) is 1. The summed E-state index contributed by atoms with van der Waals surface area (Å²) in [7, 11) is 0. The summed E-state index contributed by atoms with van der Waals surface area (Å²) in [6.45, 7) is 4.48. The van der Waals surface area contributed by atoms with Crippen LogP contribution in [0.3, 0.4) is 0 Å². The van der Waals surface area contributed by atoms with Gasteiger partial charge in [0.15, 0.2) is 0 Å². The number of ether oxygens (including phenoxy) is 1. The molecule has 1 aromatic rings. The molecule has 5 N–H and O–H groups in total. The van der Waals surface area contributed by atoms with Crippen LogP contribution in [0.4, 0.5) is 13.2 Å². The van der Waals surface area contributed by atoms with Crippen molar-refractivity contribution in [3.63, 3.8) is 0 Å². The lowest BCUT2D eigenvalue weighted by molar-refractivity contribution is -0.137. The number of aliphatic hydroxyl groups is 3.